The molecular formula is C4H2FIN2O2. The molecule has 0 aliphatic rings. The largest absolute Gasteiger partial charge is 0.337 e. The Balaban J connectivity index is 3.66. The number of nitrogens with zero attached hydrogens (tertiary/aromatic N) is 1. The lowest BCUT2D eigenvalue weighted by Gasteiger charge is -1.89. The molecule has 0 aliphatic heterocycles. The van der Waals surface area contributed by atoms with Crippen molar-refractivity contribution in [3.8, 4) is 0 Å². The van der Waals surface area contributed by atoms with E-state index in [1.807, 2.05) is 4.98 Å². The number of hydrogen-bond acceptors (Lipinski definition) is 2. The summed E-state index contributed by atoms with van der Waals surface area (Å²) in [5.74, 6) is -0.964. The topological polar surface area (TPSA) is 54.9 Å². The lowest BCUT2D eigenvalue weighted by atomic mass is 10.6. The quantitative estimate of drug-likeness (QED) is 0.657. The molecule has 0 aliphatic carbocycles. The zero-order valence-electron chi connectivity index (χ0n) is 4.60. The first-order chi connectivity index (χ1) is 4.63. The molecule has 1 heterocycles. The van der Waals surface area contributed by atoms with E-state index >= 15 is 0 Å². The molecule has 0 atom stereocenters. The molecule has 0 saturated carbocycles. The molecule has 0 fully saturated rings. The van der Waals surface area contributed by atoms with E-state index in [9.17, 15) is 14.0 Å². The van der Waals surface area contributed by atoms with Crippen molar-refractivity contribution in [3.63, 3.8) is 0 Å². The predicted molar refractivity (Wildman–Crippen MR) is 40.7 cm³/mol. The summed E-state index contributed by atoms with van der Waals surface area (Å²) in [5, 5.41) is 0. The van der Waals surface area contributed by atoms with Gasteiger partial charge in [-0.05, 0) is 0 Å². The summed E-state index contributed by atoms with van der Waals surface area (Å²) in [7, 11) is 0. The van der Waals surface area contributed by atoms with Gasteiger partial charge in [-0.1, -0.05) is 0 Å². The first kappa shape index (κ1) is 7.45. The molecule has 1 aromatic rings. The van der Waals surface area contributed by atoms with Crippen LogP contribution in [-0.4, -0.2) is 7.76 Å². The highest BCUT2D eigenvalue weighted by molar-refractivity contribution is 14.1. The lowest BCUT2D eigenvalue weighted by Crippen LogP contribution is -2.30. The summed E-state index contributed by atoms with van der Waals surface area (Å²) in [6.45, 7) is 0. The second kappa shape index (κ2) is 2.52. The van der Waals surface area contributed by atoms with Crippen molar-refractivity contribution in [2.75, 3.05) is 0 Å². The molecular weight excluding hydrogens is 254 g/mol. The molecule has 4 nitrogen and oxygen atoms in total. The molecule has 6 heteroatoms. The van der Waals surface area contributed by atoms with E-state index in [2.05, 4.69) is 0 Å². The van der Waals surface area contributed by atoms with Crippen LogP contribution in [0.25, 0.3) is 0 Å². The van der Waals surface area contributed by atoms with Crippen molar-refractivity contribution in [1.29, 1.82) is 0 Å². The summed E-state index contributed by atoms with van der Waals surface area (Å²) in [6.07, 6.45) is 0.736. The highest BCUT2D eigenvalue weighted by atomic mass is 127. The Kier molecular flexibility index (Phi) is 1.88. The van der Waals surface area contributed by atoms with Gasteiger partial charge in [0.1, 0.15) is 0 Å². The van der Waals surface area contributed by atoms with Gasteiger partial charge < -0.3 is 4.98 Å². The van der Waals surface area contributed by atoms with E-state index in [4.69, 9.17) is 0 Å². The van der Waals surface area contributed by atoms with Crippen molar-refractivity contribution in [1.82, 2.24) is 7.76 Å². The molecule has 0 spiro atoms. The molecule has 54 valence electrons. The summed E-state index contributed by atoms with van der Waals surface area (Å²) >= 11 is 1.41. The zero-order chi connectivity index (χ0) is 7.72. The maximum absolute atomic E-state index is 12.3. The molecule has 1 aromatic heterocycles. The van der Waals surface area contributed by atoms with Crippen molar-refractivity contribution < 1.29 is 4.39 Å². The molecule has 1 N–H and O–H groups in total. The third kappa shape index (κ3) is 1.11. The number of hydrogen-bond donors (Lipinski definition) is 1. The Labute approximate surface area is 68.2 Å². The van der Waals surface area contributed by atoms with Gasteiger partial charge in [0.05, 0.1) is 22.9 Å². The Hall–Kier alpha value is -0.660. The molecule has 0 radical (unpaired) electrons. The van der Waals surface area contributed by atoms with Crippen molar-refractivity contribution in [2.24, 2.45) is 0 Å². The number of aromatic nitrogens is 2. The Morgan fingerprint density at radius 3 is 2.70 bits per heavy atom. The van der Waals surface area contributed by atoms with Gasteiger partial charge in [0, 0.05) is 6.20 Å². The fourth-order valence-electron chi connectivity index (χ4n) is 0.430. The molecule has 0 amide bonds. The SMILES string of the molecule is O=c1[nH]cc(F)c(=O)n1I. The normalized spacial score (nSPS) is 9.80. The van der Waals surface area contributed by atoms with Crippen LogP contribution in [-0.2, 0) is 0 Å². The number of aromatic amines is 1. The summed E-state index contributed by atoms with van der Waals surface area (Å²) in [4.78, 5) is 23.1. The van der Waals surface area contributed by atoms with Crippen molar-refractivity contribution in [3.05, 3.63) is 32.9 Å². The third-order valence-corrected chi connectivity index (χ3v) is 1.76. The van der Waals surface area contributed by atoms with Crippen LogP contribution in [0.5, 0.6) is 0 Å². The highest BCUT2D eigenvalue weighted by Gasteiger charge is 2.01. The van der Waals surface area contributed by atoms with Crippen LogP contribution in [0.4, 0.5) is 4.39 Å². The minimum atomic E-state index is -0.964. The fraction of sp³-hybridized carbons (Fsp3) is 0. The van der Waals surface area contributed by atoms with E-state index in [1.54, 1.807) is 0 Å². The third-order valence-electron chi connectivity index (χ3n) is 0.883. The van der Waals surface area contributed by atoms with Gasteiger partial charge in [-0.2, -0.15) is 7.17 Å². The fourth-order valence-corrected chi connectivity index (χ4v) is 0.799. The average Bonchev–Trinajstić information content (AvgIpc) is 1.93. The molecule has 0 saturated heterocycles. The summed E-state index contributed by atoms with van der Waals surface area (Å²) < 4.78 is 12.9. The van der Waals surface area contributed by atoms with Crippen molar-refractivity contribution in [2.45, 2.75) is 0 Å². The molecule has 0 bridgehead atoms. The minimum Gasteiger partial charge on any atom is -0.310 e. The first-order valence-corrected chi connectivity index (χ1v) is 3.26. The lowest BCUT2D eigenvalue weighted by molar-refractivity contribution is 0.595. The second-order valence-electron chi connectivity index (χ2n) is 1.53. The van der Waals surface area contributed by atoms with E-state index in [0.717, 1.165) is 6.20 Å². The highest BCUT2D eigenvalue weighted by Crippen LogP contribution is 1.82. The number of rotatable bonds is 0. The van der Waals surface area contributed by atoms with Crippen LogP contribution >= 0.6 is 22.9 Å². The predicted octanol–water partition coefficient (Wildman–Crippen LogP) is -0.126. The van der Waals surface area contributed by atoms with Crippen LogP contribution in [0.3, 0.4) is 0 Å². The molecule has 10 heavy (non-hydrogen) atoms. The Bertz CT molecular complexity index is 355. The molecule has 0 aromatic carbocycles. The zero-order valence-corrected chi connectivity index (χ0v) is 6.75. The molecule has 0 unspecified atom stereocenters. The average molecular weight is 256 g/mol. The maximum atomic E-state index is 12.3. The smallest absolute Gasteiger partial charge is 0.310 e. The summed E-state index contributed by atoms with van der Waals surface area (Å²) in [5.41, 5.74) is -1.56. The van der Waals surface area contributed by atoms with E-state index < -0.39 is 17.1 Å². The van der Waals surface area contributed by atoms with E-state index in [0.29, 0.717) is 2.78 Å². The summed E-state index contributed by atoms with van der Waals surface area (Å²) in [6, 6.07) is 0. The van der Waals surface area contributed by atoms with Crippen LogP contribution in [0.1, 0.15) is 0 Å². The van der Waals surface area contributed by atoms with Gasteiger partial charge in [-0.15, -0.1) is 0 Å². The number of nitrogens with one attached hydrogen (secondary N) is 1. The van der Waals surface area contributed by atoms with Gasteiger partial charge in [0.15, 0.2) is 0 Å². The van der Waals surface area contributed by atoms with Crippen LogP contribution in [0.2, 0.25) is 0 Å². The second-order valence-corrected chi connectivity index (χ2v) is 2.49. The standard InChI is InChI=1S/C4H2FIN2O2/c5-2-1-7-4(10)8(6)3(2)9/h1H,(H,7,10). The van der Waals surface area contributed by atoms with Gasteiger partial charge in [0.25, 0.3) is 0 Å². The number of H-pyrrole nitrogens is 1. The monoisotopic (exact) mass is 256 g/mol. The first-order valence-electron chi connectivity index (χ1n) is 2.29. The van der Waals surface area contributed by atoms with Gasteiger partial charge >= 0.3 is 11.2 Å². The minimum absolute atomic E-state index is 0.632. The van der Waals surface area contributed by atoms with Crippen molar-refractivity contribution >= 4 is 22.9 Å². The van der Waals surface area contributed by atoms with E-state index in [1.165, 1.54) is 22.9 Å². The Morgan fingerprint density at radius 2 is 2.20 bits per heavy atom. The van der Waals surface area contributed by atoms with Gasteiger partial charge in [0.2, 0.25) is 5.82 Å². The maximum Gasteiger partial charge on any atom is 0.337 e. The van der Waals surface area contributed by atoms with Crippen LogP contribution < -0.4 is 11.2 Å². The van der Waals surface area contributed by atoms with Crippen LogP contribution in [0.15, 0.2) is 15.8 Å². The Morgan fingerprint density at radius 1 is 1.60 bits per heavy atom. The number of halogens is 2. The van der Waals surface area contributed by atoms with Crippen LogP contribution in [0, 0.1) is 5.82 Å². The van der Waals surface area contributed by atoms with E-state index in [-0.39, 0.29) is 0 Å². The molecule has 1 rings (SSSR count). The van der Waals surface area contributed by atoms with Gasteiger partial charge in [-0.25, -0.2) is 4.79 Å². The van der Waals surface area contributed by atoms with Gasteiger partial charge in [-0.3, -0.25) is 4.79 Å².